The van der Waals surface area contributed by atoms with Crippen LogP contribution >= 0.6 is 12.6 Å². The van der Waals surface area contributed by atoms with Gasteiger partial charge in [0.1, 0.15) is 0 Å². The molecule has 21 heavy (non-hydrogen) atoms. The van der Waals surface area contributed by atoms with Crippen LogP contribution in [-0.2, 0) is 6.54 Å². The second kappa shape index (κ2) is 9.67. The van der Waals surface area contributed by atoms with Crippen LogP contribution in [0.3, 0.4) is 0 Å². The van der Waals surface area contributed by atoms with Crippen LogP contribution in [0.15, 0.2) is 42.7 Å². The zero-order valence-electron chi connectivity index (χ0n) is 12.7. The first kappa shape index (κ1) is 16.2. The van der Waals surface area contributed by atoms with Crippen LogP contribution < -0.4 is 0 Å². The third-order valence-electron chi connectivity index (χ3n) is 3.79. The third kappa shape index (κ3) is 5.96. The van der Waals surface area contributed by atoms with Crippen molar-refractivity contribution >= 4 is 12.6 Å². The van der Waals surface area contributed by atoms with Crippen LogP contribution in [0, 0.1) is 0 Å². The molecule has 0 bridgehead atoms. The fourth-order valence-corrected chi connectivity index (χ4v) is 2.76. The van der Waals surface area contributed by atoms with Gasteiger partial charge in [0.2, 0.25) is 0 Å². The number of benzene rings is 1. The minimum atomic E-state index is 1.03. The Morgan fingerprint density at radius 2 is 1.48 bits per heavy atom. The van der Waals surface area contributed by atoms with Crippen molar-refractivity contribution in [2.45, 2.75) is 51.5 Å². The fraction of sp³-hybridized carbons (Fsp3) is 0.500. The summed E-state index contributed by atoms with van der Waals surface area (Å²) < 4.78 is 2.07. The van der Waals surface area contributed by atoms with E-state index in [1.807, 2.05) is 12.3 Å². The van der Waals surface area contributed by atoms with Gasteiger partial charge < -0.3 is 0 Å². The van der Waals surface area contributed by atoms with E-state index in [9.17, 15) is 0 Å². The Balaban J connectivity index is 1.63. The standard InChI is InChI=1S/C18H26N2S/c21-14-10-5-3-1-2-4-9-13-20-16-18(15-19-20)17-11-7-6-8-12-17/h6-8,11-12,15-16,21H,1-5,9-10,13-14H2. The van der Waals surface area contributed by atoms with Gasteiger partial charge in [0.15, 0.2) is 0 Å². The van der Waals surface area contributed by atoms with Crippen LogP contribution in [0.1, 0.15) is 44.9 Å². The molecule has 1 aromatic carbocycles. The van der Waals surface area contributed by atoms with Crippen molar-refractivity contribution < 1.29 is 0 Å². The normalized spacial score (nSPS) is 10.9. The number of hydrogen-bond acceptors (Lipinski definition) is 2. The molecule has 0 unspecified atom stereocenters. The van der Waals surface area contributed by atoms with E-state index in [1.165, 1.54) is 56.1 Å². The van der Waals surface area contributed by atoms with Gasteiger partial charge in [0, 0.05) is 18.3 Å². The summed E-state index contributed by atoms with van der Waals surface area (Å²) in [5, 5.41) is 4.46. The Labute approximate surface area is 134 Å². The molecule has 0 saturated heterocycles. The number of hydrogen-bond donors (Lipinski definition) is 1. The molecule has 0 spiro atoms. The van der Waals surface area contributed by atoms with E-state index < -0.39 is 0 Å². The molecule has 0 fully saturated rings. The summed E-state index contributed by atoms with van der Waals surface area (Å²) in [6.07, 6.45) is 13.3. The molecule has 1 aromatic heterocycles. The van der Waals surface area contributed by atoms with E-state index in [0.29, 0.717) is 0 Å². The lowest BCUT2D eigenvalue weighted by Crippen LogP contribution is -1.97. The zero-order valence-corrected chi connectivity index (χ0v) is 13.6. The zero-order chi connectivity index (χ0) is 14.8. The molecule has 0 aliphatic heterocycles. The second-order valence-electron chi connectivity index (χ2n) is 5.56. The van der Waals surface area contributed by atoms with Crippen LogP contribution in [0.4, 0.5) is 0 Å². The van der Waals surface area contributed by atoms with Crippen molar-refractivity contribution in [2.75, 3.05) is 5.75 Å². The van der Waals surface area contributed by atoms with E-state index in [4.69, 9.17) is 0 Å². The lowest BCUT2D eigenvalue weighted by Gasteiger charge is -2.02. The predicted molar refractivity (Wildman–Crippen MR) is 93.8 cm³/mol. The first-order chi connectivity index (χ1) is 10.4. The van der Waals surface area contributed by atoms with Crippen LogP contribution in [0.2, 0.25) is 0 Å². The molecule has 0 saturated carbocycles. The van der Waals surface area contributed by atoms with Gasteiger partial charge in [0.25, 0.3) is 0 Å². The highest BCUT2D eigenvalue weighted by molar-refractivity contribution is 7.80. The first-order valence-electron chi connectivity index (χ1n) is 8.09. The summed E-state index contributed by atoms with van der Waals surface area (Å²) in [7, 11) is 0. The number of nitrogens with zero attached hydrogens (tertiary/aromatic N) is 2. The SMILES string of the molecule is SCCCCCCCCCn1cc(-c2ccccc2)cn1. The largest absolute Gasteiger partial charge is 0.272 e. The van der Waals surface area contributed by atoms with Gasteiger partial charge in [-0.3, -0.25) is 4.68 Å². The number of unbranched alkanes of at least 4 members (excludes halogenated alkanes) is 6. The predicted octanol–water partition coefficient (Wildman–Crippen LogP) is 5.21. The Morgan fingerprint density at radius 3 is 2.19 bits per heavy atom. The summed E-state index contributed by atoms with van der Waals surface area (Å²) >= 11 is 4.24. The second-order valence-corrected chi connectivity index (χ2v) is 6.00. The van der Waals surface area contributed by atoms with E-state index in [2.05, 4.69) is 52.9 Å². The molecular formula is C18H26N2S. The molecule has 114 valence electrons. The van der Waals surface area contributed by atoms with Gasteiger partial charge >= 0.3 is 0 Å². The Hall–Kier alpha value is -1.22. The molecule has 0 aliphatic carbocycles. The molecule has 0 N–H and O–H groups in total. The number of rotatable bonds is 10. The molecule has 0 atom stereocenters. The van der Waals surface area contributed by atoms with Gasteiger partial charge in [-0.15, -0.1) is 0 Å². The van der Waals surface area contributed by atoms with Crippen molar-refractivity contribution in [1.82, 2.24) is 9.78 Å². The van der Waals surface area contributed by atoms with E-state index in [1.54, 1.807) is 0 Å². The third-order valence-corrected chi connectivity index (χ3v) is 4.10. The lowest BCUT2D eigenvalue weighted by molar-refractivity contribution is 0.523. The Morgan fingerprint density at radius 1 is 0.810 bits per heavy atom. The van der Waals surface area contributed by atoms with Crippen LogP contribution in [0.5, 0.6) is 0 Å². The van der Waals surface area contributed by atoms with Gasteiger partial charge in [-0.2, -0.15) is 17.7 Å². The van der Waals surface area contributed by atoms with Crippen molar-refractivity contribution in [2.24, 2.45) is 0 Å². The summed E-state index contributed by atoms with van der Waals surface area (Å²) in [6, 6.07) is 10.4. The van der Waals surface area contributed by atoms with Crippen molar-refractivity contribution in [3.05, 3.63) is 42.7 Å². The average molecular weight is 302 g/mol. The summed E-state index contributed by atoms with van der Waals surface area (Å²) in [5.74, 6) is 1.03. The lowest BCUT2D eigenvalue weighted by atomic mass is 10.1. The molecule has 2 rings (SSSR count). The van der Waals surface area contributed by atoms with Crippen molar-refractivity contribution in [1.29, 1.82) is 0 Å². The highest BCUT2D eigenvalue weighted by atomic mass is 32.1. The molecule has 0 radical (unpaired) electrons. The molecule has 0 amide bonds. The Bertz CT molecular complexity index is 493. The van der Waals surface area contributed by atoms with Gasteiger partial charge in [-0.25, -0.2) is 0 Å². The van der Waals surface area contributed by atoms with Crippen molar-refractivity contribution in [3.63, 3.8) is 0 Å². The molecule has 0 aliphatic rings. The summed E-state index contributed by atoms with van der Waals surface area (Å²) in [6.45, 7) is 1.03. The number of aryl methyl sites for hydroxylation is 1. The average Bonchev–Trinajstić information content (AvgIpc) is 3.00. The Kier molecular flexibility index (Phi) is 7.44. The monoisotopic (exact) mass is 302 g/mol. The maximum absolute atomic E-state index is 4.46. The van der Waals surface area contributed by atoms with Crippen LogP contribution in [0.25, 0.3) is 11.1 Å². The maximum atomic E-state index is 4.46. The first-order valence-corrected chi connectivity index (χ1v) is 8.72. The molecular weight excluding hydrogens is 276 g/mol. The molecule has 2 nitrogen and oxygen atoms in total. The molecule has 2 aromatic rings. The number of aromatic nitrogens is 2. The van der Waals surface area contributed by atoms with Gasteiger partial charge in [-0.05, 0) is 24.2 Å². The fourth-order valence-electron chi connectivity index (χ4n) is 2.54. The minimum Gasteiger partial charge on any atom is -0.272 e. The minimum absolute atomic E-state index is 1.03. The smallest absolute Gasteiger partial charge is 0.0568 e. The number of thiol groups is 1. The van der Waals surface area contributed by atoms with Gasteiger partial charge in [0.05, 0.1) is 6.20 Å². The van der Waals surface area contributed by atoms with Crippen LogP contribution in [-0.4, -0.2) is 15.5 Å². The van der Waals surface area contributed by atoms with Crippen molar-refractivity contribution in [3.8, 4) is 11.1 Å². The van der Waals surface area contributed by atoms with E-state index in [-0.39, 0.29) is 0 Å². The quantitative estimate of drug-likeness (QED) is 0.471. The summed E-state index contributed by atoms with van der Waals surface area (Å²) in [4.78, 5) is 0. The topological polar surface area (TPSA) is 17.8 Å². The highest BCUT2D eigenvalue weighted by Gasteiger charge is 2.00. The van der Waals surface area contributed by atoms with E-state index in [0.717, 1.165) is 12.3 Å². The van der Waals surface area contributed by atoms with E-state index >= 15 is 0 Å². The highest BCUT2D eigenvalue weighted by Crippen LogP contribution is 2.18. The maximum Gasteiger partial charge on any atom is 0.0568 e. The molecule has 1 heterocycles. The van der Waals surface area contributed by atoms with Gasteiger partial charge in [-0.1, -0.05) is 62.4 Å². The summed E-state index contributed by atoms with van der Waals surface area (Å²) in [5.41, 5.74) is 2.45. The molecule has 3 heteroatoms.